The van der Waals surface area contributed by atoms with Gasteiger partial charge >= 0.3 is 5.97 Å². The van der Waals surface area contributed by atoms with Crippen molar-refractivity contribution in [1.29, 1.82) is 5.26 Å². The van der Waals surface area contributed by atoms with E-state index in [1.807, 2.05) is 0 Å². The van der Waals surface area contributed by atoms with Gasteiger partial charge in [0.25, 0.3) is 6.43 Å². The molecular weight excluding hydrogens is 331 g/mol. The van der Waals surface area contributed by atoms with E-state index in [1.54, 1.807) is 28.7 Å². The fraction of sp³-hybridized carbons (Fsp3) is 0.200. The molecule has 0 aliphatic carbocycles. The van der Waals surface area contributed by atoms with E-state index in [1.165, 1.54) is 6.07 Å². The summed E-state index contributed by atoms with van der Waals surface area (Å²) in [6.45, 7) is 0. The maximum absolute atomic E-state index is 12.5. The summed E-state index contributed by atoms with van der Waals surface area (Å²) in [4.78, 5) is 11.3. The molecule has 0 heterocycles. The first-order valence-electron chi connectivity index (χ1n) is 4.11. The fourth-order valence-electron chi connectivity index (χ4n) is 1.13. The molecule has 16 heavy (non-hydrogen) atoms. The summed E-state index contributed by atoms with van der Waals surface area (Å²) in [6.07, 6.45) is -2.68. The van der Waals surface area contributed by atoms with E-state index in [9.17, 15) is 13.6 Å². The highest BCUT2D eigenvalue weighted by atomic mass is 127. The van der Waals surface area contributed by atoms with Crippen LogP contribution in [0.5, 0.6) is 0 Å². The molecular formula is C10H6F2INO2. The zero-order valence-corrected chi connectivity index (χ0v) is 10.3. The Morgan fingerprint density at radius 3 is 2.62 bits per heavy atom. The predicted molar refractivity (Wildman–Crippen MR) is 60.2 cm³/mol. The van der Waals surface area contributed by atoms with Gasteiger partial charge in [-0.05, 0) is 34.7 Å². The predicted octanol–water partition coefficient (Wildman–Crippen LogP) is 2.89. The van der Waals surface area contributed by atoms with Gasteiger partial charge in [0.2, 0.25) is 0 Å². The van der Waals surface area contributed by atoms with Crippen molar-refractivity contribution >= 4 is 28.6 Å². The lowest BCUT2D eigenvalue weighted by Crippen LogP contribution is -2.06. The van der Waals surface area contributed by atoms with Gasteiger partial charge in [0.15, 0.2) is 0 Å². The summed E-state index contributed by atoms with van der Waals surface area (Å²) in [5, 5.41) is 8.75. The summed E-state index contributed by atoms with van der Waals surface area (Å²) in [5.41, 5.74) is -0.369. The number of esters is 1. The molecule has 6 heteroatoms. The Morgan fingerprint density at radius 2 is 2.19 bits per heavy atom. The number of hydrogen-bond acceptors (Lipinski definition) is 3. The number of carbonyl (C=O) groups excluding carboxylic acids is 1. The Labute approximate surface area is 104 Å². The standard InChI is InChI=1S/C10H6F2INO2/c1-16-10(15)6-3-8(13)7(9(11)12)2-5(6)4-14/h2-3,9H,1H3. The maximum atomic E-state index is 12.5. The van der Waals surface area contributed by atoms with Crippen LogP contribution in [-0.4, -0.2) is 13.1 Å². The normalized spacial score (nSPS) is 10.0. The zero-order chi connectivity index (χ0) is 12.3. The van der Waals surface area contributed by atoms with Gasteiger partial charge in [-0.15, -0.1) is 0 Å². The van der Waals surface area contributed by atoms with Gasteiger partial charge < -0.3 is 4.74 Å². The van der Waals surface area contributed by atoms with E-state index in [2.05, 4.69) is 4.74 Å². The molecule has 0 N–H and O–H groups in total. The molecule has 0 amide bonds. The van der Waals surface area contributed by atoms with Crippen LogP contribution in [0, 0.1) is 14.9 Å². The van der Waals surface area contributed by atoms with Crippen molar-refractivity contribution in [2.75, 3.05) is 7.11 Å². The number of methoxy groups -OCH3 is 1. The minimum Gasteiger partial charge on any atom is -0.465 e. The van der Waals surface area contributed by atoms with Gasteiger partial charge in [-0.2, -0.15) is 5.26 Å². The van der Waals surface area contributed by atoms with Crippen LogP contribution in [0.4, 0.5) is 8.78 Å². The van der Waals surface area contributed by atoms with Gasteiger partial charge in [0.05, 0.1) is 18.2 Å². The van der Waals surface area contributed by atoms with Crippen molar-refractivity contribution in [2.24, 2.45) is 0 Å². The highest BCUT2D eigenvalue weighted by Gasteiger charge is 2.19. The number of benzene rings is 1. The van der Waals surface area contributed by atoms with Crippen LogP contribution in [0.1, 0.15) is 27.9 Å². The molecule has 0 spiro atoms. The molecule has 0 aliphatic rings. The van der Waals surface area contributed by atoms with Crippen LogP contribution < -0.4 is 0 Å². The highest BCUT2D eigenvalue weighted by molar-refractivity contribution is 14.1. The summed E-state index contributed by atoms with van der Waals surface area (Å²) < 4.78 is 29.7. The summed E-state index contributed by atoms with van der Waals surface area (Å²) in [5.74, 6) is -0.713. The average molecular weight is 337 g/mol. The van der Waals surface area contributed by atoms with E-state index in [-0.39, 0.29) is 20.3 Å². The first kappa shape index (κ1) is 12.8. The molecule has 3 nitrogen and oxygen atoms in total. The monoisotopic (exact) mass is 337 g/mol. The van der Waals surface area contributed by atoms with Crippen LogP contribution in [0.25, 0.3) is 0 Å². The summed E-state index contributed by atoms with van der Waals surface area (Å²) in [6, 6.07) is 3.94. The zero-order valence-electron chi connectivity index (χ0n) is 8.13. The fourth-order valence-corrected chi connectivity index (χ4v) is 1.83. The molecule has 0 saturated heterocycles. The van der Waals surface area contributed by atoms with Crippen LogP contribution >= 0.6 is 22.6 Å². The molecule has 0 fully saturated rings. The van der Waals surface area contributed by atoms with Crippen molar-refractivity contribution in [2.45, 2.75) is 6.43 Å². The summed E-state index contributed by atoms with van der Waals surface area (Å²) >= 11 is 1.69. The number of nitriles is 1. The first-order chi connectivity index (χ1) is 7.51. The van der Waals surface area contributed by atoms with Crippen molar-refractivity contribution in [3.63, 3.8) is 0 Å². The summed E-state index contributed by atoms with van der Waals surface area (Å²) in [7, 11) is 1.16. The Bertz CT molecular complexity index is 469. The first-order valence-corrected chi connectivity index (χ1v) is 5.19. The lowest BCUT2D eigenvalue weighted by Gasteiger charge is -2.07. The molecule has 1 aromatic rings. The number of nitrogens with zero attached hydrogens (tertiary/aromatic N) is 1. The average Bonchev–Trinajstić information content (AvgIpc) is 2.27. The van der Waals surface area contributed by atoms with Crippen molar-refractivity contribution < 1.29 is 18.3 Å². The third-order valence-electron chi connectivity index (χ3n) is 1.90. The SMILES string of the molecule is COC(=O)c1cc(I)c(C(F)F)cc1C#N. The maximum Gasteiger partial charge on any atom is 0.339 e. The number of alkyl halides is 2. The number of rotatable bonds is 2. The quantitative estimate of drug-likeness (QED) is 0.616. The van der Waals surface area contributed by atoms with Crippen molar-refractivity contribution in [1.82, 2.24) is 0 Å². The second-order valence-electron chi connectivity index (χ2n) is 2.82. The molecule has 0 radical (unpaired) electrons. The third kappa shape index (κ3) is 2.47. The van der Waals surface area contributed by atoms with E-state index in [4.69, 9.17) is 5.26 Å². The molecule has 0 bridgehead atoms. The molecule has 0 saturated carbocycles. The minimum absolute atomic E-state index is 0.00111. The van der Waals surface area contributed by atoms with Gasteiger partial charge in [-0.25, -0.2) is 13.6 Å². The Morgan fingerprint density at radius 1 is 1.56 bits per heavy atom. The molecule has 1 rings (SSSR count). The van der Waals surface area contributed by atoms with Gasteiger partial charge in [0.1, 0.15) is 6.07 Å². The van der Waals surface area contributed by atoms with Gasteiger partial charge in [0, 0.05) is 9.13 Å². The van der Waals surface area contributed by atoms with Crippen LogP contribution in [0.3, 0.4) is 0 Å². The van der Waals surface area contributed by atoms with Gasteiger partial charge in [-0.1, -0.05) is 0 Å². The minimum atomic E-state index is -2.68. The Kier molecular flexibility index (Phi) is 4.18. The third-order valence-corrected chi connectivity index (χ3v) is 2.83. The van der Waals surface area contributed by atoms with Crippen LogP contribution in [-0.2, 0) is 4.74 Å². The Balaban J connectivity index is 3.39. The van der Waals surface area contributed by atoms with E-state index < -0.39 is 12.4 Å². The van der Waals surface area contributed by atoms with Crippen molar-refractivity contribution in [3.05, 3.63) is 32.4 Å². The number of halogens is 3. The van der Waals surface area contributed by atoms with E-state index in [0.717, 1.165) is 13.2 Å². The van der Waals surface area contributed by atoms with E-state index >= 15 is 0 Å². The van der Waals surface area contributed by atoms with Gasteiger partial charge in [-0.3, -0.25) is 0 Å². The van der Waals surface area contributed by atoms with Crippen LogP contribution in [0.2, 0.25) is 0 Å². The number of carbonyl (C=O) groups is 1. The number of hydrogen-bond donors (Lipinski definition) is 0. The Hall–Kier alpha value is -1.23. The molecule has 1 aromatic carbocycles. The van der Waals surface area contributed by atoms with E-state index in [0.29, 0.717) is 0 Å². The largest absolute Gasteiger partial charge is 0.465 e. The highest BCUT2D eigenvalue weighted by Crippen LogP contribution is 2.27. The molecule has 0 atom stereocenters. The topological polar surface area (TPSA) is 50.1 Å². The van der Waals surface area contributed by atoms with Crippen LogP contribution in [0.15, 0.2) is 12.1 Å². The lowest BCUT2D eigenvalue weighted by atomic mass is 10.1. The molecule has 0 aliphatic heterocycles. The molecule has 84 valence electrons. The number of ether oxygens (including phenoxy) is 1. The lowest BCUT2D eigenvalue weighted by molar-refractivity contribution is 0.0600. The second kappa shape index (κ2) is 5.21. The second-order valence-corrected chi connectivity index (χ2v) is 3.99. The molecule has 0 unspecified atom stereocenters. The molecule has 0 aromatic heterocycles. The van der Waals surface area contributed by atoms with Crippen molar-refractivity contribution in [3.8, 4) is 6.07 Å². The smallest absolute Gasteiger partial charge is 0.339 e.